The molecule has 0 aromatic carbocycles. The van der Waals surface area contributed by atoms with Crippen molar-refractivity contribution in [3.63, 3.8) is 0 Å². The molecule has 0 rings (SSSR count). The lowest BCUT2D eigenvalue weighted by molar-refractivity contribution is 1.44. The first-order valence-corrected chi connectivity index (χ1v) is 2.02. The van der Waals surface area contributed by atoms with Gasteiger partial charge in [-0.2, -0.15) is 0 Å². The molecule has 0 radical (unpaired) electrons. The first-order valence-electron chi connectivity index (χ1n) is 2.02. The number of allylic oxidation sites excluding steroid dienone is 3. The van der Waals surface area contributed by atoms with Crippen LogP contribution in [0.1, 0.15) is 0 Å². The molecule has 0 bridgehead atoms. The highest BCUT2D eigenvalue weighted by Crippen LogP contribution is 1.81. The number of nitrogens with two attached hydrogens (primary N) is 1. The number of hydrogen-bond acceptors (Lipinski definition) is 1. The monoisotopic (exact) mass is 95.1 g/mol. The third-order valence-corrected chi connectivity index (χ3v) is 0.546. The molecule has 0 atom stereocenters. The molecule has 0 spiro atoms. The minimum Gasteiger partial charge on any atom is -0.399 e. The number of rotatable bonds is 2. The topological polar surface area (TPSA) is 26.0 Å². The van der Waals surface area contributed by atoms with E-state index in [1.54, 1.807) is 18.2 Å². The predicted molar refractivity (Wildman–Crippen MR) is 32.7 cm³/mol. The van der Waals surface area contributed by atoms with Crippen LogP contribution in [-0.2, 0) is 0 Å². The fourth-order valence-electron chi connectivity index (χ4n) is 0.204. The molecule has 0 aromatic heterocycles. The Morgan fingerprint density at radius 2 is 2.00 bits per heavy atom. The van der Waals surface area contributed by atoms with Crippen LogP contribution in [0.15, 0.2) is 37.1 Å². The van der Waals surface area contributed by atoms with Crippen molar-refractivity contribution in [1.82, 2.24) is 0 Å². The van der Waals surface area contributed by atoms with Crippen molar-refractivity contribution >= 4 is 0 Å². The summed E-state index contributed by atoms with van der Waals surface area (Å²) in [6, 6.07) is 0. The maximum atomic E-state index is 5.26. The molecule has 38 valence electrons. The molecule has 0 unspecified atom stereocenters. The highest BCUT2D eigenvalue weighted by molar-refractivity contribution is 5.16. The summed E-state index contributed by atoms with van der Waals surface area (Å²) in [5.74, 6) is 0. The van der Waals surface area contributed by atoms with E-state index in [9.17, 15) is 0 Å². The summed E-state index contributed by atoms with van der Waals surface area (Å²) in [5.41, 5.74) is 5.90. The summed E-state index contributed by atoms with van der Waals surface area (Å²) in [4.78, 5) is 0. The first kappa shape index (κ1) is 6.02. The molecule has 1 heteroatoms. The molecule has 0 aliphatic rings. The largest absolute Gasteiger partial charge is 0.399 e. The van der Waals surface area contributed by atoms with Gasteiger partial charge >= 0.3 is 0 Å². The molecule has 0 aromatic rings. The van der Waals surface area contributed by atoms with Gasteiger partial charge in [0.2, 0.25) is 0 Å². The summed E-state index contributed by atoms with van der Waals surface area (Å²) in [6.45, 7) is 6.88. The van der Waals surface area contributed by atoms with Crippen LogP contribution in [0.4, 0.5) is 0 Å². The molecular weight excluding hydrogens is 86.1 g/mol. The molecule has 0 saturated heterocycles. The van der Waals surface area contributed by atoms with E-state index in [1.165, 1.54) is 0 Å². The van der Waals surface area contributed by atoms with E-state index in [0.29, 0.717) is 5.70 Å². The van der Waals surface area contributed by atoms with Crippen molar-refractivity contribution in [3.05, 3.63) is 37.1 Å². The van der Waals surface area contributed by atoms with E-state index in [1.807, 2.05) is 0 Å². The molecule has 2 N–H and O–H groups in total. The molecule has 0 heterocycles. The molecule has 0 fully saturated rings. The Balaban J connectivity index is 3.72. The van der Waals surface area contributed by atoms with Gasteiger partial charge in [-0.3, -0.25) is 0 Å². The van der Waals surface area contributed by atoms with Gasteiger partial charge in [-0.25, -0.2) is 0 Å². The Labute approximate surface area is 43.8 Å². The molecule has 7 heavy (non-hydrogen) atoms. The van der Waals surface area contributed by atoms with Crippen LogP contribution in [0.2, 0.25) is 0 Å². The smallest absolute Gasteiger partial charge is 0.0307 e. The van der Waals surface area contributed by atoms with E-state index in [-0.39, 0.29) is 0 Å². The van der Waals surface area contributed by atoms with Gasteiger partial charge in [0.1, 0.15) is 0 Å². The van der Waals surface area contributed by atoms with Crippen molar-refractivity contribution < 1.29 is 0 Å². The van der Waals surface area contributed by atoms with Crippen LogP contribution in [0.3, 0.4) is 0 Å². The summed E-state index contributed by atoms with van der Waals surface area (Å²) in [7, 11) is 0. The van der Waals surface area contributed by atoms with Gasteiger partial charge < -0.3 is 5.73 Å². The molecule has 0 aliphatic heterocycles. The molecule has 0 saturated carbocycles. The van der Waals surface area contributed by atoms with Gasteiger partial charge in [-0.15, -0.1) is 0 Å². The SMILES string of the molecule is C=C/C=C(/N)C=C. The lowest BCUT2D eigenvalue weighted by Gasteiger charge is -1.81. The van der Waals surface area contributed by atoms with Crippen molar-refractivity contribution in [2.45, 2.75) is 0 Å². The average molecular weight is 95.1 g/mol. The fourth-order valence-corrected chi connectivity index (χ4v) is 0.204. The van der Waals surface area contributed by atoms with Gasteiger partial charge in [0.15, 0.2) is 0 Å². The van der Waals surface area contributed by atoms with E-state index in [4.69, 9.17) is 5.73 Å². The second-order valence-corrected chi connectivity index (χ2v) is 1.11. The normalized spacial score (nSPS) is 10.6. The molecule has 1 nitrogen and oxygen atoms in total. The van der Waals surface area contributed by atoms with E-state index >= 15 is 0 Å². The zero-order chi connectivity index (χ0) is 5.70. The Hall–Kier alpha value is -0.980. The Morgan fingerprint density at radius 1 is 1.43 bits per heavy atom. The maximum Gasteiger partial charge on any atom is 0.0307 e. The highest BCUT2D eigenvalue weighted by atomic mass is 14.5. The predicted octanol–water partition coefficient (Wildman–Crippen LogP) is 1.20. The van der Waals surface area contributed by atoms with Gasteiger partial charge in [-0.05, 0) is 12.2 Å². The lowest BCUT2D eigenvalue weighted by Crippen LogP contribution is -1.89. The van der Waals surface area contributed by atoms with Crippen LogP contribution in [0.25, 0.3) is 0 Å². The Morgan fingerprint density at radius 3 is 2.14 bits per heavy atom. The van der Waals surface area contributed by atoms with Crippen LogP contribution in [0, 0.1) is 0 Å². The van der Waals surface area contributed by atoms with Crippen LogP contribution in [-0.4, -0.2) is 0 Å². The fraction of sp³-hybridized carbons (Fsp3) is 0. The van der Waals surface area contributed by atoms with Crippen molar-refractivity contribution in [1.29, 1.82) is 0 Å². The first-order chi connectivity index (χ1) is 3.31. The van der Waals surface area contributed by atoms with Gasteiger partial charge in [0, 0.05) is 5.70 Å². The summed E-state index contributed by atoms with van der Waals surface area (Å²) in [6.07, 6.45) is 4.88. The van der Waals surface area contributed by atoms with Gasteiger partial charge in [-0.1, -0.05) is 19.2 Å². The second kappa shape index (κ2) is 3.22. The van der Waals surface area contributed by atoms with Crippen molar-refractivity contribution in [3.8, 4) is 0 Å². The summed E-state index contributed by atoms with van der Waals surface area (Å²) in [5, 5.41) is 0. The molecular formula is C6H9N. The van der Waals surface area contributed by atoms with Crippen molar-refractivity contribution in [2.24, 2.45) is 5.73 Å². The van der Waals surface area contributed by atoms with Gasteiger partial charge in [0.25, 0.3) is 0 Å². The molecule has 0 amide bonds. The third-order valence-electron chi connectivity index (χ3n) is 0.546. The standard InChI is InChI=1S/C6H9N/c1-3-5-6(7)4-2/h3-5H,1-2,7H2/b6-5+. The van der Waals surface area contributed by atoms with Gasteiger partial charge in [0.05, 0.1) is 0 Å². The number of hydrogen-bond donors (Lipinski definition) is 1. The maximum absolute atomic E-state index is 5.26. The minimum atomic E-state index is 0.648. The average Bonchev–Trinajstić information content (AvgIpc) is 1.68. The Bertz CT molecular complexity index is 101. The van der Waals surface area contributed by atoms with E-state index in [0.717, 1.165) is 0 Å². The Kier molecular flexibility index (Phi) is 2.77. The summed E-state index contributed by atoms with van der Waals surface area (Å²) < 4.78 is 0. The van der Waals surface area contributed by atoms with Crippen LogP contribution in [0.5, 0.6) is 0 Å². The quantitative estimate of drug-likeness (QED) is 0.512. The van der Waals surface area contributed by atoms with E-state index < -0.39 is 0 Å². The van der Waals surface area contributed by atoms with E-state index in [2.05, 4.69) is 13.2 Å². The summed E-state index contributed by atoms with van der Waals surface area (Å²) >= 11 is 0. The van der Waals surface area contributed by atoms with Crippen molar-refractivity contribution in [2.75, 3.05) is 0 Å². The zero-order valence-electron chi connectivity index (χ0n) is 4.22. The lowest BCUT2D eigenvalue weighted by atomic mass is 10.4. The van der Waals surface area contributed by atoms with Crippen LogP contribution >= 0.6 is 0 Å². The second-order valence-electron chi connectivity index (χ2n) is 1.11. The zero-order valence-corrected chi connectivity index (χ0v) is 4.22. The third kappa shape index (κ3) is 2.83. The molecule has 0 aliphatic carbocycles. The highest BCUT2D eigenvalue weighted by Gasteiger charge is 1.68. The minimum absolute atomic E-state index is 0.648. The van der Waals surface area contributed by atoms with Crippen LogP contribution < -0.4 is 5.73 Å².